The lowest BCUT2D eigenvalue weighted by Gasteiger charge is -2.45. The monoisotopic (exact) mass is 317 g/mol. The number of carbonyl (C=O) groups excluding carboxylic acids is 1. The Hall–Kier alpha value is -1.16. The van der Waals surface area contributed by atoms with Gasteiger partial charge < -0.3 is 4.90 Å². The molecule has 0 unspecified atom stereocenters. The maximum absolute atomic E-state index is 12.0. The third-order valence-electron chi connectivity index (χ3n) is 5.76. The summed E-state index contributed by atoms with van der Waals surface area (Å²) in [6.07, 6.45) is 8.77. The lowest BCUT2D eigenvalue weighted by atomic mass is 9.73. The Morgan fingerprint density at radius 1 is 1.13 bits per heavy atom. The average molecular weight is 317 g/mol. The molecule has 2 aliphatic rings. The second-order valence-corrected chi connectivity index (χ2v) is 8.05. The van der Waals surface area contributed by atoms with Crippen LogP contribution in [0.4, 0.5) is 0 Å². The fourth-order valence-corrected chi connectivity index (χ4v) is 3.96. The molecule has 1 aromatic heterocycles. The van der Waals surface area contributed by atoms with Crippen LogP contribution in [0.3, 0.4) is 0 Å². The number of hydrogen-bond donors (Lipinski definition) is 0. The highest BCUT2D eigenvalue weighted by molar-refractivity contribution is 5.83. The molecule has 1 aliphatic heterocycles. The van der Waals surface area contributed by atoms with Gasteiger partial charge in [0.2, 0.25) is 0 Å². The molecule has 4 heteroatoms. The summed E-state index contributed by atoms with van der Waals surface area (Å²) >= 11 is 0. The first-order chi connectivity index (χ1) is 11.0. The molecular weight excluding hydrogens is 286 g/mol. The molecule has 3 rings (SSSR count). The van der Waals surface area contributed by atoms with Crippen LogP contribution in [0.5, 0.6) is 0 Å². The van der Waals surface area contributed by atoms with E-state index in [9.17, 15) is 4.79 Å². The molecule has 0 radical (unpaired) electrons. The van der Waals surface area contributed by atoms with E-state index in [1.807, 2.05) is 20.0 Å². The number of Topliss-reactive ketones (excluding diaryl/α,β-unsaturated/α-hetero) is 1. The maximum atomic E-state index is 12.0. The molecule has 0 aromatic carbocycles. The largest absolute Gasteiger partial charge is 0.300 e. The fraction of sp³-hybridized carbons (Fsp3) is 0.789. The molecule has 0 amide bonds. The van der Waals surface area contributed by atoms with Crippen LogP contribution in [0.1, 0.15) is 70.9 Å². The van der Waals surface area contributed by atoms with Gasteiger partial charge in [-0.25, -0.2) is 0 Å². The van der Waals surface area contributed by atoms with Gasteiger partial charge in [-0.05, 0) is 37.2 Å². The molecule has 0 spiro atoms. The van der Waals surface area contributed by atoms with Gasteiger partial charge >= 0.3 is 0 Å². The summed E-state index contributed by atoms with van der Waals surface area (Å²) in [5.74, 6) is 1.54. The van der Waals surface area contributed by atoms with Gasteiger partial charge in [0.05, 0.1) is 12.2 Å². The van der Waals surface area contributed by atoms with Gasteiger partial charge in [0.1, 0.15) is 5.78 Å². The quantitative estimate of drug-likeness (QED) is 0.832. The van der Waals surface area contributed by atoms with Crippen molar-refractivity contribution in [2.75, 3.05) is 13.1 Å². The molecule has 1 aliphatic carbocycles. The standard InChI is InChI=1S/C19H31N3O/c1-13(2)16-11-20-22(12-16)17-5-7-21(8-6-17)18-9-15(10-18)19(23)14(3)4/h11-15,17-18H,5-10H2,1-4H3/t15-,18+. The Morgan fingerprint density at radius 3 is 2.30 bits per heavy atom. The van der Waals surface area contributed by atoms with Crippen LogP contribution in [-0.4, -0.2) is 39.6 Å². The lowest BCUT2D eigenvalue weighted by molar-refractivity contribution is -0.130. The first-order valence-electron chi connectivity index (χ1n) is 9.27. The number of hydrogen-bond acceptors (Lipinski definition) is 3. The molecule has 23 heavy (non-hydrogen) atoms. The number of likely N-dealkylation sites (tertiary alicyclic amines) is 1. The van der Waals surface area contributed by atoms with E-state index in [2.05, 4.69) is 34.7 Å². The molecular formula is C19H31N3O. The second-order valence-electron chi connectivity index (χ2n) is 8.05. The van der Waals surface area contributed by atoms with Crippen molar-refractivity contribution < 1.29 is 4.79 Å². The molecule has 0 N–H and O–H groups in total. The molecule has 128 valence electrons. The molecule has 0 atom stereocenters. The molecule has 1 saturated heterocycles. The Kier molecular flexibility index (Phi) is 4.90. The van der Waals surface area contributed by atoms with Gasteiger partial charge in [0, 0.05) is 37.2 Å². The second kappa shape index (κ2) is 6.76. The van der Waals surface area contributed by atoms with Gasteiger partial charge in [0.15, 0.2) is 0 Å². The Bertz CT molecular complexity index is 535. The van der Waals surface area contributed by atoms with E-state index in [0.29, 0.717) is 29.7 Å². The third kappa shape index (κ3) is 3.52. The normalized spacial score (nSPS) is 26.7. The zero-order chi connectivity index (χ0) is 16.6. The summed E-state index contributed by atoms with van der Waals surface area (Å²) in [5, 5.41) is 4.57. The van der Waals surface area contributed by atoms with E-state index >= 15 is 0 Å². The summed E-state index contributed by atoms with van der Waals surface area (Å²) < 4.78 is 2.18. The maximum Gasteiger partial charge on any atom is 0.138 e. The van der Waals surface area contributed by atoms with E-state index in [4.69, 9.17) is 0 Å². The summed E-state index contributed by atoms with van der Waals surface area (Å²) in [4.78, 5) is 14.6. The number of nitrogens with zero attached hydrogens (tertiary/aromatic N) is 3. The van der Waals surface area contributed by atoms with Crippen LogP contribution >= 0.6 is 0 Å². The van der Waals surface area contributed by atoms with Crippen molar-refractivity contribution in [3.8, 4) is 0 Å². The minimum absolute atomic E-state index is 0.196. The van der Waals surface area contributed by atoms with Crippen LogP contribution in [0.15, 0.2) is 12.4 Å². The number of aromatic nitrogens is 2. The minimum atomic E-state index is 0.196. The number of piperidine rings is 1. The van der Waals surface area contributed by atoms with Crippen molar-refractivity contribution in [2.45, 2.75) is 71.4 Å². The van der Waals surface area contributed by atoms with E-state index < -0.39 is 0 Å². The van der Waals surface area contributed by atoms with Crippen molar-refractivity contribution in [1.82, 2.24) is 14.7 Å². The van der Waals surface area contributed by atoms with E-state index in [-0.39, 0.29) is 5.92 Å². The number of ketones is 1. The minimum Gasteiger partial charge on any atom is -0.300 e. The highest BCUT2D eigenvalue weighted by Gasteiger charge is 2.39. The van der Waals surface area contributed by atoms with Gasteiger partial charge in [0.25, 0.3) is 0 Å². The van der Waals surface area contributed by atoms with E-state index in [0.717, 1.165) is 25.9 Å². The Labute approximate surface area is 140 Å². The van der Waals surface area contributed by atoms with Crippen LogP contribution in [0.2, 0.25) is 0 Å². The smallest absolute Gasteiger partial charge is 0.138 e. The topological polar surface area (TPSA) is 38.1 Å². The summed E-state index contributed by atoms with van der Waals surface area (Å²) in [6.45, 7) is 10.8. The summed E-state index contributed by atoms with van der Waals surface area (Å²) in [6, 6.07) is 1.19. The van der Waals surface area contributed by atoms with Crippen LogP contribution in [0, 0.1) is 11.8 Å². The highest BCUT2D eigenvalue weighted by atomic mass is 16.1. The molecule has 0 bridgehead atoms. The molecule has 2 heterocycles. The number of carbonyl (C=O) groups is 1. The first kappa shape index (κ1) is 16.7. The average Bonchev–Trinajstić information content (AvgIpc) is 2.96. The van der Waals surface area contributed by atoms with Crippen LogP contribution in [0.25, 0.3) is 0 Å². The van der Waals surface area contributed by atoms with Crippen molar-refractivity contribution >= 4 is 5.78 Å². The molecule has 4 nitrogen and oxygen atoms in total. The predicted octanol–water partition coefficient (Wildman–Crippen LogP) is 3.65. The van der Waals surface area contributed by atoms with Crippen molar-refractivity contribution in [1.29, 1.82) is 0 Å². The third-order valence-corrected chi connectivity index (χ3v) is 5.76. The van der Waals surface area contributed by atoms with Gasteiger partial charge in [-0.3, -0.25) is 9.48 Å². The van der Waals surface area contributed by atoms with Crippen molar-refractivity contribution in [3.63, 3.8) is 0 Å². The summed E-state index contributed by atoms with van der Waals surface area (Å²) in [5.41, 5.74) is 1.33. The number of rotatable bonds is 5. The van der Waals surface area contributed by atoms with E-state index in [1.54, 1.807) is 0 Å². The van der Waals surface area contributed by atoms with Gasteiger partial charge in [-0.1, -0.05) is 27.7 Å². The van der Waals surface area contributed by atoms with Gasteiger partial charge in [-0.2, -0.15) is 5.10 Å². The molecule has 1 aromatic rings. The molecule has 1 saturated carbocycles. The SMILES string of the molecule is CC(C)c1cnn(C2CCN([C@H]3C[C@@H](C(=O)C(C)C)C3)CC2)c1. The van der Waals surface area contributed by atoms with Crippen LogP contribution in [-0.2, 0) is 4.79 Å². The van der Waals surface area contributed by atoms with Crippen molar-refractivity contribution in [3.05, 3.63) is 18.0 Å². The Morgan fingerprint density at radius 2 is 1.78 bits per heavy atom. The molecule has 2 fully saturated rings. The summed E-state index contributed by atoms with van der Waals surface area (Å²) in [7, 11) is 0. The zero-order valence-corrected chi connectivity index (χ0v) is 15.0. The predicted molar refractivity (Wildman–Crippen MR) is 92.5 cm³/mol. The Balaban J connectivity index is 1.47. The highest BCUT2D eigenvalue weighted by Crippen LogP contribution is 2.36. The fourth-order valence-electron chi connectivity index (χ4n) is 3.96. The van der Waals surface area contributed by atoms with Gasteiger partial charge in [-0.15, -0.1) is 0 Å². The lowest BCUT2D eigenvalue weighted by Crippen LogP contribution is -2.50. The first-order valence-corrected chi connectivity index (χ1v) is 9.27. The van der Waals surface area contributed by atoms with E-state index in [1.165, 1.54) is 18.4 Å². The van der Waals surface area contributed by atoms with Crippen LogP contribution < -0.4 is 0 Å². The zero-order valence-electron chi connectivity index (χ0n) is 15.0. The van der Waals surface area contributed by atoms with Crippen molar-refractivity contribution in [2.24, 2.45) is 11.8 Å².